The molecule has 1 aromatic heterocycles. The summed E-state index contributed by atoms with van der Waals surface area (Å²) in [6.45, 7) is 1.68. The Hall–Kier alpha value is -4.33. The highest BCUT2D eigenvalue weighted by atomic mass is 16.5. The lowest BCUT2D eigenvalue weighted by Crippen LogP contribution is -2.30. The van der Waals surface area contributed by atoms with Crippen LogP contribution >= 0.6 is 0 Å². The number of anilines is 1. The molecular formula is C24H21N3O5. The summed E-state index contributed by atoms with van der Waals surface area (Å²) in [7, 11) is 0. The second kappa shape index (κ2) is 9.22. The van der Waals surface area contributed by atoms with Gasteiger partial charge in [0.1, 0.15) is 12.4 Å². The molecule has 0 fully saturated rings. The third-order valence-electron chi connectivity index (χ3n) is 4.81. The number of amides is 1. The van der Waals surface area contributed by atoms with Crippen LogP contribution in [0.1, 0.15) is 22.8 Å². The molecule has 0 spiro atoms. The molecule has 1 amide bonds. The van der Waals surface area contributed by atoms with E-state index in [0.717, 1.165) is 0 Å². The van der Waals surface area contributed by atoms with Gasteiger partial charge in [0.15, 0.2) is 6.10 Å². The SMILES string of the molecule is C[C@H](OC(=O)c1ccccc1COc1ccccc1)C(=O)Nc1ccc2[nH]c(=O)[nH]c2c1. The van der Waals surface area contributed by atoms with Crippen molar-refractivity contribution >= 4 is 28.6 Å². The zero-order chi connectivity index (χ0) is 22.5. The fourth-order valence-electron chi connectivity index (χ4n) is 3.15. The number of carbonyl (C=O) groups excluding carboxylic acids is 2. The number of ether oxygens (including phenoxy) is 2. The van der Waals surface area contributed by atoms with Crippen LogP contribution in [0.2, 0.25) is 0 Å². The van der Waals surface area contributed by atoms with Gasteiger partial charge in [0.25, 0.3) is 5.91 Å². The number of benzene rings is 3. The number of hydrogen-bond donors (Lipinski definition) is 3. The van der Waals surface area contributed by atoms with E-state index in [1.54, 1.807) is 42.5 Å². The lowest BCUT2D eigenvalue weighted by Gasteiger charge is -2.15. The molecule has 3 N–H and O–H groups in total. The molecule has 0 saturated carbocycles. The number of para-hydroxylation sites is 1. The molecule has 162 valence electrons. The van der Waals surface area contributed by atoms with Gasteiger partial charge in [-0.2, -0.15) is 0 Å². The molecular weight excluding hydrogens is 410 g/mol. The average molecular weight is 431 g/mol. The smallest absolute Gasteiger partial charge is 0.339 e. The van der Waals surface area contributed by atoms with Crippen LogP contribution in [0, 0.1) is 0 Å². The van der Waals surface area contributed by atoms with Crippen molar-refractivity contribution in [1.82, 2.24) is 9.97 Å². The van der Waals surface area contributed by atoms with E-state index in [-0.39, 0.29) is 12.3 Å². The molecule has 1 atom stereocenters. The minimum absolute atomic E-state index is 0.185. The Labute approximate surface area is 183 Å². The van der Waals surface area contributed by atoms with Crippen LogP contribution in [0.5, 0.6) is 5.75 Å². The third-order valence-corrected chi connectivity index (χ3v) is 4.81. The van der Waals surface area contributed by atoms with Gasteiger partial charge in [-0.25, -0.2) is 9.59 Å². The number of nitrogens with one attached hydrogen (secondary N) is 3. The molecule has 0 bridgehead atoms. The summed E-state index contributed by atoms with van der Waals surface area (Å²) < 4.78 is 11.1. The van der Waals surface area contributed by atoms with Crippen molar-refractivity contribution < 1.29 is 19.1 Å². The topological polar surface area (TPSA) is 113 Å². The first-order valence-electron chi connectivity index (χ1n) is 9.99. The number of fused-ring (bicyclic) bond motifs is 1. The van der Waals surface area contributed by atoms with Crippen molar-refractivity contribution in [1.29, 1.82) is 0 Å². The first kappa shape index (κ1) is 20.9. The van der Waals surface area contributed by atoms with Crippen LogP contribution in [0.15, 0.2) is 77.6 Å². The number of hydrogen-bond acceptors (Lipinski definition) is 5. The molecule has 0 unspecified atom stereocenters. The Bertz CT molecular complexity index is 1310. The van der Waals surface area contributed by atoms with Gasteiger partial charge in [-0.3, -0.25) is 4.79 Å². The van der Waals surface area contributed by atoms with Gasteiger partial charge in [0.2, 0.25) is 0 Å². The van der Waals surface area contributed by atoms with Crippen molar-refractivity contribution in [2.75, 3.05) is 5.32 Å². The van der Waals surface area contributed by atoms with E-state index in [1.165, 1.54) is 6.92 Å². The van der Waals surface area contributed by atoms with Crippen molar-refractivity contribution in [3.8, 4) is 5.75 Å². The highest BCUT2D eigenvalue weighted by Gasteiger charge is 2.21. The number of rotatable bonds is 7. The highest BCUT2D eigenvalue weighted by Crippen LogP contribution is 2.18. The number of imidazole rings is 1. The lowest BCUT2D eigenvalue weighted by atomic mass is 10.1. The van der Waals surface area contributed by atoms with Gasteiger partial charge < -0.3 is 24.8 Å². The van der Waals surface area contributed by atoms with E-state index in [0.29, 0.717) is 33.6 Å². The first-order valence-corrected chi connectivity index (χ1v) is 9.99. The van der Waals surface area contributed by atoms with Crippen molar-refractivity contribution in [3.05, 3.63) is 94.4 Å². The van der Waals surface area contributed by atoms with E-state index in [9.17, 15) is 14.4 Å². The van der Waals surface area contributed by atoms with Gasteiger partial charge in [-0.05, 0) is 43.3 Å². The Balaban J connectivity index is 1.40. The second-order valence-electron chi connectivity index (χ2n) is 7.14. The van der Waals surface area contributed by atoms with Crippen molar-refractivity contribution in [3.63, 3.8) is 0 Å². The van der Waals surface area contributed by atoms with Crippen LogP contribution in [-0.4, -0.2) is 27.9 Å². The van der Waals surface area contributed by atoms with Crippen LogP contribution in [0.3, 0.4) is 0 Å². The van der Waals surface area contributed by atoms with E-state index in [4.69, 9.17) is 9.47 Å². The minimum atomic E-state index is -1.04. The molecule has 0 radical (unpaired) electrons. The van der Waals surface area contributed by atoms with E-state index >= 15 is 0 Å². The third kappa shape index (κ3) is 4.86. The van der Waals surface area contributed by atoms with Crippen LogP contribution < -0.4 is 15.7 Å². The summed E-state index contributed by atoms with van der Waals surface area (Å²) in [6, 6.07) is 21.1. The van der Waals surface area contributed by atoms with Crippen molar-refractivity contribution in [2.24, 2.45) is 0 Å². The van der Waals surface area contributed by atoms with Gasteiger partial charge in [0, 0.05) is 11.3 Å². The molecule has 1 heterocycles. The monoisotopic (exact) mass is 431 g/mol. The number of esters is 1. The predicted octanol–water partition coefficient (Wildman–Crippen LogP) is 3.62. The molecule has 32 heavy (non-hydrogen) atoms. The first-order chi connectivity index (χ1) is 15.5. The Morgan fingerprint density at radius 3 is 2.47 bits per heavy atom. The van der Waals surface area contributed by atoms with Crippen LogP contribution in [0.4, 0.5) is 5.69 Å². The maximum Gasteiger partial charge on any atom is 0.339 e. The molecule has 8 heteroatoms. The number of carbonyl (C=O) groups is 2. The summed E-state index contributed by atoms with van der Waals surface area (Å²) in [5, 5.41) is 2.68. The fourth-order valence-corrected chi connectivity index (χ4v) is 3.15. The fraction of sp³-hybridized carbons (Fsp3) is 0.125. The molecule has 4 rings (SSSR count). The molecule has 8 nitrogen and oxygen atoms in total. The Morgan fingerprint density at radius 2 is 1.66 bits per heavy atom. The molecule has 4 aromatic rings. The summed E-state index contributed by atoms with van der Waals surface area (Å²) in [6.07, 6.45) is -1.04. The molecule has 0 aliphatic heterocycles. The number of aromatic amines is 2. The largest absolute Gasteiger partial charge is 0.489 e. The van der Waals surface area contributed by atoms with Crippen LogP contribution in [0.25, 0.3) is 11.0 Å². The van der Waals surface area contributed by atoms with Gasteiger partial charge in [-0.15, -0.1) is 0 Å². The second-order valence-corrected chi connectivity index (χ2v) is 7.14. The molecule has 3 aromatic carbocycles. The predicted molar refractivity (Wildman–Crippen MR) is 120 cm³/mol. The summed E-state index contributed by atoms with van der Waals surface area (Å²) in [5.74, 6) is -0.428. The minimum Gasteiger partial charge on any atom is -0.489 e. The number of aromatic nitrogens is 2. The van der Waals surface area contributed by atoms with E-state index < -0.39 is 18.0 Å². The summed E-state index contributed by atoms with van der Waals surface area (Å²) in [5.41, 5.74) is 2.30. The highest BCUT2D eigenvalue weighted by molar-refractivity contribution is 5.98. The van der Waals surface area contributed by atoms with Gasteiger partial charge in [0.05, 0.1) is 16.6 Å². The molecule has 0 aliphatic carbocycles. The summed E-state index contributed by atoms with van der Waals surface area (Å²) in [4.78, 5) is 41.9. The Kier molecular flexibility index (Phi) is 6.03. The number of H-pyrrole nitrogens is 2. The van der Waals surface area contributed by atoms with Gasteiger partial charge in [-0.1, -0.05) is 36.4 Å². The van der Waals surface area contributed by atoms with Gasteiger partial charge >= 0.3 is 11.7 Å². The standard InChI is InChI=1S/C24H21N3O5/c1-15(22(28)25-17-11-12-20-21(13-17)27-24(30)26-20)32-23(29)19-10-6-5-7-16(19)14-31-18-8-3-2-4-9-18/h2-13,15H,14H2,1H3,(H,25,28)(H2,26,27,30)/t15-/m0/s1. The van der Waals surface area contributed by atoms with Crippen LogP contribution in [-0.2, 0) is 16.1 Å². The van der Waals surface area contributed by atoms with Crippen molar-refractivity contribution in [2.45, 2.75) is 19.6 Å². The molecule has 0 saturated heterocycles. The maximum absolute atomic E-state index is 12.7. The van der Waals surface area contributed by atoms with E-state index in [1.807, 2.05) is 30.3 Å². The maximum atomic E-state index is 12.7. The molecule has 0 aliphatic rings. The lowest BCUT2D eigenvalue weighted by molar-refractivity contribution is -0.123. The zero-order valence-electron chi connectivity index (χ0n) is 17.3. The zero-order valence-corrected chi connectivity index (χ0v) is 17.3. The normalized spacial score (nSPS) is 11.7. The Morgan fingerprint density at radius 1 is 0.938 bits per heavy atom. The average Bonchev–Trinajstić information content (AvgIpc) is 3.17. The summed E-state index contributed by atoms with van der Waals surface area (Å²) >= 11 is 0. The quantitative estimate of drug-likeness (QED) is 0.387. The van der Waals surface area contributed by atoms with E-state index in [2.05, 4.69) is 15.3 Å².